The Hall–Kier alpha value is -3.16. The van der Waals surface area contributed by atoms with Crippen LogP contribution in [0, 0.1) is 0 Å². The summed E-state index contributed by atoms with van der Waals surface area (Å²) in [5.41, 5.74) is 6.04. The molecule has 0 radical (unpaired) electrons. The van der Waals surface area contributed by atoms with E-state index in [1.165, 1.54) is 10.8 Å². The van der Waals surface area contributed by atoms with Crippen molar-refractivity contribution in [2.24, 2.45) is 5.73 Å². The second-order valence-corrected chi connectivity index (χ2v) is 5.15. The Balaban J connectivity index is 1.81. The number of nitrogens with two attached hydrogens (primary N) is 1. The molecule has 0 aliphatic rings. The van der Waals surface area contributed by atoms with E-state index < -0.39 is 12.0 Å². The summed E-state index contributed by atoms with van der Waals surface area (Å²) in [6.45, 7) is 3.60. The second-order valence-electron chi connectivity index (χ2n) is 5.15. The second kappa shape index (κ2) is 6.53. The Morgan fingerprint density at radius 1 is 1.29 bits per heavy atom. The molecule has 0 saturated heterocycles. The number of carbonyl (C=O) groups excluding carboxylic acids is 1. The van der Waals surface area contributed by atoms with Gasteiger partial charge in [0, 0.05) is 11.8 Å². The molecule has 2 N–H and O–H groups in total. The minimum atomic E-state index is -0.696. The molecule has 8 heteroatoms. The molecular weight excluding hydrogens is 310 g/mol. The van der Waals surface area contributed by atoms with E-state index in [-0.39, 0.29) is 0 Å². The molecule has 0 saturated carbocycles. The third-order valence-corrected chi connectivity index (χ3v) is 3.39. The van der Waals surface area contributed by atoms with Gasteiger partial charge in [0.15, 0.2) is 6.10 Å². The summed E-state index contributed by atoms with van der Waals surface area (Å²) in [6.07, 6.45) is 1.49. The minimum Gasteiger partial charge on any atom is -0.481 e. The molecule has 24 heavy (non-hydrogen) atoms. The summed E-state index contributed by atoms with van der Waals surface area (Å²) in [6, 6.07) is 8.70. The number of aryl methyl sites for hydroxylation is 1. The summed E-state index contributed by atoms with van der Waals surface area (Å²) in [7, 11) is 0. The molecule has 0 aliphatic carbocycles. The third-order valence-electron chi connectivity index (χ3n) is 3.39. The fourth-order valence-electron chi connectivity index (χ4n) is 2.05. The monoisotopic (exact) mass is 327 g/mol. The molecule has 0 spiro atoms. The van der Waals surface area contributed by atoms with Crippen molar-refractivity contribution in [1.82, 2.24) is 19.6 Å². The van der Waals surface area contributed by atoms with Crippen LogP contribution in [0.25, 0.3) is 5.78 Å². The van der Waals surface area contributed by atoms with Crippen LogP contribution in [0.15, 0.2) is 36.7 Å². The summed E-state index contributed by atoms with van der Waals surface area (Å²) >= 11 is 0. The van der Waals surface area contributed by atoms with E-state index in [1.54, 1.807) is 31.2 Å². The highest BCUT2D eigenvalue weighted by Gasteiger charge is 2.11. The van der Waals surface area contributed by atoms with E-state index in [2.05, 4.69) is 15.1 Å². The van der Waals surface area contributed by atoms with Crippen LogP contribution in [0.5, 0.6) is 17.4 Å². The molecule has 124 valence electrons. The van der Waals surface area contributed by atoms with E-state index in [0.717, 1.165) is 12.1 Å². The van der Waals surface area contributed by atoms with Gasteiger partial charge in [0.05, 0.1) is 0 Å². The molecule has 1 unspecified atom stereocenters. The Morgan fingerprint density at radius 3 is 2.67 bits per heavy atom. The SMILES string of the molecule is CCc1cc(Oc2ccc(OC(C)C(N)=O)cc2)n2ncnc2n1. The molecular formula is C16H17N5O3. The molecule has 1 atom stereocenters. The first-order valence-electron chi connectivity index (χ1n) is 7.50. The van der Waals surface area contributed by atoms with Gasteiger partial charge in [0.2, 0.25) is 5.88 Å². The fraction of sp³-hybridized carbons (Fsp3) is 0.250. The van der Waals surface area contributed by atoms with E-state index >= 15 is 0 Å². The van der Waals surface area contributed by atoms with E-state index in [0.29, 0.717) is 23.2 Å². The van der Waals surface area contributed by atoms with Crippen LogP contribution in [0.4, 0.5) is 0 Å². The van der Waals surface area contributed by atoms with Gasteiger partial charge in [-0.25, -0.2) is 4.98 Å². The fourth-order valence-corrected chi connectivity index (χ4v) is 2.05. The molecule has 0 bridgehead atoms. The van der Waals surface area contributed by atoms with Gasteiger partial charge in [-0.2, -0.15) is 14.6 Å². The number of rotatable bonds is 6. The van der Waals surface area contributed by atoms with Crippen LogP contribution in [0.3, 0.4) is 0 Å². The van der Waals surface area contributed by atoms with Crippen molar-refractivity contribution >= 4 is 11.7 Å². The highest BCUT2D eigenvalue weighted by Crippen LogP contribution is 2.25. The Labute approximate surface area is 138 Å². The first-order chi connectivity index (χ1) is 11.6. The van der Waals surface area contributed by atoms with Gasteiger partial charge >= 0.3 is 0 Å². The lowest BCUT2D eigenvalue weighted by Gasteiger charge is -2.12. The summed E-state index contributed by atoms with van der Waals surface area (Å²) < 4.78 is 12.8. The normalized spacial score (nSPS) is 12.1. The number of ether oxygens (including phenoxy) is 2. The van der Waals surface area contributed by atoms with Crippen molar-refractivity contribution < 1.29 is 14.3 Å². The third kappa shape index (κ3) is 3.27. The van der Waals surface area contributed by atoms with E-state index in [4.69, 9.17) is 15.2 Å². The molecule has 2 aromatic heterocycles. The lowest BCUT2D eigenvalue weighted by molar-refractivity contribution is -0.123. The van der Waals surface area contributed by atoms with Crippen molar-refractivity contribution in [3.8, 4) is 17.4 Å². The van der Waals surface area contributed by atoms with Gasteiger partial charge in [-0.15, -0.1) is 0 Å². The molecule has 2 heterocycles. The topological polar surface area (TPSA) is 105 Å². The number of carbonyl (C=O) groups is 1. The zero-order valence-electron chi connectivity index (χ0n) is 13.3. The van der Waals surface area contributed by atoms with Gasteiger partial charge in [-0.1, -0.05) is 6.92 Å². The first-order valence-corrected chi connectivity index (χ1v) is 7.50. The standard InChI is InChI=1S/C16H17N5O3/c1-3-11-8-14(21-16(20-11)18-9-19-21)24-13-6-4-12(5-7-13)23-10(2)15(17)22/h4-10H,3H2,1-2H3,(H2,17,22). The van der Waals surface area contributed by atoms with Gasteiger partial charge in [-0.05, 0) is 37.6 Å². The number of benzene rings is 1. The zero-order chi connectivity index (χ0) is 17.1. The summed E-state index contributed by atoms with van der Waals surface area (Å²) in [5.74, 6) is 1.61. The highest BCUT2D eigenvalue weighted by atomic mass is 16.5. The van der Waals surface area contributed by atoms with Gasteiger partial charge in [0.25, 0.3) is 11.7 Å². The van der Waals surface area contributed by atoms with Crippen LogP contribution in [-0.2, 0) is 11.2 Å². The summed E-state index contributed by atoms with van der Waals surface area (Å²) in [5, 5.41) is 4.11. The Morgan fingerprint density at radius 2 is 2.00 bits per heavy atom. The van der Waals surface area contributed by atoms with Crippen LogP contribution in [0.1, 0.15) is 19.5 Å². The number of hydrogen-bond donors (Lipinski definition) is 1. The molecule has 0 aliphatic heterocycles. The maximum atomic E-state index is 11.0. The quantitative estimate of drug-likeness (QED) is 0.739. The van der Waals surface area contributed by atoms with Gasteiger partial charge in [-0.3, -0.25) is 4.79 Å². The molecule has 8 nitrogen and oxygen atoms in total. The average Bonchev–Trinajstić information content (AvgIpc) is 3.05. The van der Waals surface area contributed by atoms with E-state index in [9.17, 15) is 4.79 Å². The first kappa shape index (κ1) is 15.7. The van der Waals surface area contributed by atoms with Crippen LogP contribution >= 0.6 is 0 Å². The van der Waals surface area contributed by atoms with Crippen LogP contribution in [0.2, 0.25) is 0 Å². The number of nitrogens with zero attached hydrogens (tertiary/aromatic N) is 4. The summed E-state index contributed by atoms with van der Waals surface area (Å²) in [4.78, 5) is 19.5. The maximum Gasteiger partial charge on any atom is 0.258 e. The smallest absolute Gasteiger partial charge is 0.258 e. The van der Waals surface area contributed by atoms with Crippen molar-refractivity contribution in [3.63, 3.8) is 0 Å². The predicted molar refractivity (Wildman–Crippen MR) is 86.0 cm³/mol. The molecule has 3 rings (SSSR count). The van der Waals surface area contributed by atoms with Crippen molar-refractivity contribution in [2.75, 3.05) is 0 Å². The lowest BCUT2D eigenvalue weighted by atomic mass is 10.3. The van der Waals surface area contributed by atoms with Crippen LogP contribution in [-0.4, -0.2) is 31.6 Å². The number of fused-ring (bicyclic) bond motifs is 1. The number of amides is 1. The maximum absolute atomic E-state index is 11.0. The molecule has 3 aromatic rings. The average molecular weight is 327 g/mol. The van der Waals surface area contributed by atoms with Crippen molar-refractivity contribution in [3.05, 3.63) is 42.4 Å². The molecule has 1 aromatic carbocycles. The highest BCUT2D eigenvalue weighted by molar-refractivity contribution is 5.78. The molecule has 1 amide bonds. The number of aromatic nitrogens is 4. The van der Waals surface area contributed by atoms with Crippen LogP contribution < -0.4 is 15.2 Å². The van der Waals surface area contributed by atoms with Crippen molar-refractivity contribution in [1.29, 1.82) is 0 Å². The van der Waals surface area contributed by atoms with Crippen molar-refractivity contribution in [2.45, 2.75) is 26.4 Å². The number of hydrogen-bond acceptors (Lipinski definition) is 6. The van der Waals surface area contributed by atoms with Gasteiger partial charge < -0.3 is 15.2 Å². The Kier molecular flexibility index (Phi) is 4.28. The van der Waals surface area contributed by atoms with E-state index in [1.807, 2.05) is 13.0 Å². The Bertz CT molecular complexity index is 860. The zero-order valence-corrected chi connectivity index (χ0v) is 13.3. The minimum absolute atomic E-state index is 0.486. The largest absolute Gasteiger partial charge is 0.481 e. The predicted octanol–water partition coefficient (Wildman–Crippen LogP) is 1.73. The number of primary amides is 1. The molecule has 0 fully saturated rings. The van der Waals surface area contributed by atoms with Gasteiger partial charge in [0.1, 0.15) is 17.8 Å². The lowest BCUT2D eigenvalue weighted by Crippen LogP contribution is -2.30.